The van der Waals surface area contributed by atoms with Crippen molar-refractivity contribution >= 4 is 0 Å². The van der Waals surface area contributed by atoms with Crippen molar-refractivity contribution in [2.45, 2.75) is 65.4 Å². The van der Waals surface area contributed by atoms with Gasteiger partial charge in [-0.2, -0.15) is 0 Å². The molecular formula is C15H26O. The minimum absolute atomic E-state index is 0.230. The van der Waals surface area contributed by atoms with Gasteiger partial charge >= 0.3 is 0 Å². The number of hydrogen-bond acceptors (Lipinski definition) is 1. The normalized spacial score (nSPS) is 28.2. The summed E-state index contributed by atoms with van der Waals surface area (Å²) in [5, 5.41) is 10.0. The zero-order chi connectivity index (χ0) is 12.0. The van der Waals surface area contributed by atoms with Crippen molar-refractivity contribution < 1.29 is 5.11 Å². The van der Waals surface area contributed by atoms with E-state index in [-0.39, 0.29) is 6.10 Å². The second-order valence-corrected chi connectivity index (χ2v) is 4.98. The monoisotopic (exact) mass is 222 g/mol. The van der Waals surface area contributed by atoms with E-state index < -0.39 is 0 Å². The van der Waals surface area contributed by atoms with Crippen LogP contribution in [0.4, 0.5) is 0 Å². The molecule has 0 aromatic heterocycles. The van der Waals surface area contributed by atoms with Crippen LogP contribution in [0, 0.1) is 5.92 Å². The third kappa shape index (κ3) is 3.79. The first-order valence-corrected chi connectivity index (χ1v) is 6.74. The van der Waals surface area contributed by atoms with E-state index in [0.717, 1.165) is 12.8 Å². The fraction of sp³-hybridized carbons (Fsp3) is 0.733. The second-order valence-electron chi connectivity index (χ2n) is 4.98. The van der Waals surface area contributed by atoms with Gasteiger partial charge in [0.1, 0.15) is 0 Å². The Bertz CT molecular complexity index is 263. The van der Waals surface area contributed by atoms with E-state index in [4.69, 9.17) is 0 Å². The van der Waals surface area contributed by atoms with E-state index >= 15 is 0 Å². The Morgan fingerprint density at radius 1 is 1.38 bits per heavy atom. The highest BCUT2D eigenvalue weighted by molar-refractivity contribution is 5.36. The highest BCUT2D eigenvalue weighted by Crippen LogP contribution is 2.31. The quantitative estimate of drug-likeness (QED) is 0.690. The summed E-state index contributed by atoms with van der Waals surface area (Å²) in [7, 11) is 0. The third-order valence-electron chi connectivity index (χ3n) is 3.42. The Balaban J connectivity index is 2.54. The van der Waals surface area contributed by atoms with Crippen LogP contribution in [0.1, 0.15) is 59.3 Å². The smallest absolute Gasteiger partial charge is 0.0794 e. The third-order valence-corrected chi connectivity index (χ3v) is 3.42. The summed E-state index contributed by atoms with van der Waals surface area (Å²) in [6.45, 7) is 6.47. The Hall–Kier alpha value is -0.560. The van der Waals surface area contributed by atoms with Gasteiger partial charge in [0, 0.05) is 0 Å². The molecule has 0 saturated carbocycles. The molecule has 2 unspecified atom stereocenters. The average Bonchev–Trinajstić information content (AvgIpc) is 2.24. The van der Waals surface area contributed by atoms with Gasteiger partial charge in [0.05, 0.1) is 6.10 Å². The molecule has 0 aliphatic heterocycles. The fourth-order valence-electron chi connectivity index (χ4n) is 2.55. The first-order chi connectivity index (χ1) is 7.69. The lowest BCUT2D eigenvalue weighted by atomic mass is 9.83. The molecule has 1 aliphatic carbocycles. The molecule has 0 fully saturated rings. The zero-order valence-electron chi connectivity index (χ0n) is 11.0. The molecule has 0 bridgehead atoms. The van der Waals surface area contributed by atoms with Crippen molar-refractivity contribution in [2.24, 2.45) is 5.92 Å². The van der Waals surface area contributed by atoms with Crippen molar-refractivity contribution in [1.29, 1.82) is 0 Å². The molecule has 1 rings (SSSR count). The van der Waals surface area contributed by atoms with Gasteiger partial charge in [0.15, 0.2) is 0 Å². The molecule has 2 atom stereocenters. The average molecular weight is 222 g/mol. The summed E-state index contributed by atoms with van der Waals surface area (Å²) in [5.74, 6) is 0.528. The molecule has 1 nitrogen and oxygen atoms in total. The maximum absolute atomic E-state index is 10.0. The van der Waals surface area contributed by atoms with Gasteiger partial charge in [-0.3, -0.25) is 0 Å². The summed E-state index contributed by atoms with van der Waals surface area (Å²) < 4.78 is 0. The zero-order valence-corrected chi connectivity index (χ0v) is 11.0. The molecule has 16 heavy (non-hydrogen) atoms. The Morgan fingerprint density at radius 3 is 2.75 bits per heavy atom. The number of hydrogen-bond donors (Lipinski definition) is 1. The minimum Gasteiger partial charge on any atom is -0.388 e. The van der Waals surface area contributed by atoms with Crippen LogP contribution in [0.25, 0.3) is 0 Å². The molecule has 0 aromatic rings. The predicted octanol–water partition coefficient (Wildman–Crippen LogP) is 4.23. The van der Waals surface area contributed by atoms with E-state index in [1.165, 1.54) is 36.8 Å². The van der Waals surface area contributed by atoms with Crippen LogP contribution in [-0.2, 0) is 0 Å². The molecule has 0 saturated heterocycles. The fourth-order valence-corrected chi connectivity index (χ4v) is 2.55. The molecule has 1 heteroatoms. The van der Waals surface area contributed by atoms with Gasteiger partial charge in [-0.25, -0.2) is 0 Å². The lowest BCUT2D eigenvalue weighted by Gasteiger charge is -2.26. The van der Waals surface area contributed by atoms with Crippen molar-refractivity contribution in [2.75, 3.05) is 0 Å². The summed E-state index contributed by atoms with van der Waals surface area (Å²) in [6, 6.07) is 0. The first kappa shape index (κ1) is 13.5. The largest absolute Gasteiger partial charge is 0.388 e. The van der Waals surface area contributed by atoms with Crippen LogP contribution >= 0.6 is 0 Å². The Labute approximate surface area is 100 Å². The van der Waals surface area contributed by atoms with Crippen LogP contribution in [0.2, 0.25) is 0 Å². The molecule has 0 aromatic carbocycles. The lowest BCUT2D eigenvalue weighted by Crippen LogP contribution is -2.20. The van der Waals surface area contributed by atoms with E-state index in [0.29, 0.717) is 5.92 Å². The van der Waals surface area contributed by atoms with Crippen LogP contribution in [0.3, 0.4) is 0 Å². The Kier molecular flexibility index (Phi) is 5.83. The second kappa shape index (κ2) is 6.90. The SMILES string of the molecule is C/C=C1\C(CCCCCC)=CC(C)CC1O. The maximum Gasteiger partial charge on any atom is 0.0794 e. The van der Waals surface area contributed by atoms with Gasteiger partial charge in [-0.15, -0.1) is 0 Å². The van der Waals surface area contributed by atoms with Crippen molar-refractivity contribution in [3.63, 3.8) is 0 Å². The van der Waals surface area contributed by atoms with Gasteiger partial charge in [0.2, 0.25) is 0 Å². The van der Waals surface area contributed by atoms with Crippen LogP contribution in [0.5, 0.6) is 0 Å². The summed E-state index contributed by atoms with van der Waals surface area (Å²) in [4.78, 5) is 0. The van der Waals surface area contributed by atoms with E-state index in [2.05, 4.69) is 26.0 Å². The van der Waals surface area contributed by atoms with Crippen molar-refractivity contribution in [1.82, 2.24) is 0 Å². The molecule has 1 aliphatic rings. The molecule has 0 amide bonds. The van der Waals surface area contributed by atoms with Crippen molar-refractivity contribution in [3.8, 4) is 0 Å². The highest BCUT2D eigenvalue weighted by Gasteiger charge is 2.21. The number of aliphatic hydroxyl groups is 1. The molecule has 0 heterocycles. The number of allylic oxidation sites excluding steroid dienone is 2. The first-order valence-electron chi connectivity index (χ1n) is 6.74. The number of rotatable bonds is 5. The van der Waals surface area contributed by atoms with Gasteiger partial charge in [0.25, 0.3) is 0 Å². The van der Waals surface area contributed by atoms with E-state index in [1.54, 1.807) is 0 Å². The minimum atomic E-state index is -0.230. The maximum atomic E-state index is 10.0. The highest BCUT2D eigenvalue weighted by atomic mass is 16.3. The van der Waals surface area contributed by atoms with Crippen molar-refractivity contribution in [3.05, 3.63) is 23.3 Å². The molecular weight excluding hydrogens is 196 g/mol. The van der Waals surface area contributed by atoms with Crippen LogP contribution in [-0.4, -0.2) is 11.2 Å². The topological polar surface area (TPSA) is 20.2 Å². The predicted molar refractivity (Wildman–Crippen MR) is 70.4 cm³/mol. The summed E-state index contributed by atoms with van der Waals surface area (Å²) in [6.07, 6.45) is 11.4. The van der Waals surface area contributed by atoms with Crippen LogP contribution < -0.4 is 0 Å². The van der Waals surface area contributed by atoms with Gasteiger partial charge < -0.3 is 5.11 Å². The Morgan fingerprint density at radius 2 is 2.12 bits per heavy atom. The summed E-state index contributed by atoms with van der Waals surface area (Å²) >= 11 is 0. The van der Waals surface area contributed by atoms with Gasteiger partial charge in [-0.05, 0) is 43.3 Å². The molecule has 0 spiro atoms. The van der Waals surface area contributed by atoms with Crippen LogP contribution in [0.15, 0.2) is 23.3 Å². The molecule has 1 N–H and O–H groups in total. The van der Waals surface area contributed by atoms with E-state index in [1.807, 2.05) is 6.92 Å². The van der Waals surface area contributed by atoms with E-state index in [9.17, 15) is 5.11 Å². The standard InChI is InChI=1S/C15H26O/c1-4-6-7-8-9-13-10-12(3)11-15(16)14(13)5-2/h5,10,12,15-16H,4,6-9,11H2,1-3H3/b14-5+. The molecule has 0 radical (unpaired) electrons. The van der Waals surface area contributed by atoms with Gasteiger partial charge in [-0.1, -0.05) is 45.3 Å². The lowest BCUT2D eigenvalue weighted by molar-refractivity contribution is 0.183. The number of aliphatic hydroxyl groups excluding tert-OH is 1. The molecule has 92 valence electrons. The number of unbranched alkanes of at least 4 members (excludes halogenated alkanes) is 3. The summed E-state index contributed by atoms with van der Waals surface area (Å²) in [5.41, 5.74) is 2.57.